The predicted molar refractivity (Wildman–Crippen MR) is 82.0 cm³/mol. The topological polar surface area (TPSA) is 70.1 Å². The minimum absolute atomic E-state index is 0.305. The number of nitrogens with zero attached hydrogens (tertiary/aromatic N) is 2. The van der Waals surface area contributed by atoms with E-state index >= 15 is 0 Å². The molecule has 1 saturated carbocycles. The molecule has 5 heteroatoms. The number of aliphatic hydroxyl groups is 1. The zero-order valence-corrected chi connectivity index (χ0v) is 12.5. The van der Waals surface area contributed by atoms with Crippen molar-refractivity contribution in [1.82, 2.24) is 9.97 Å². The van der Waals surface area contributed by atoms with E-state index in [1.54, 1.807) is 0 Å². The lowest BCUT2D eigenvalue weighted by Crippen LogP contribution is -2.21. The average Bonchev–Trinajstić information content (AvgIpc) is 2.92. The molecule has 0 spiro atoms. The van der Waals surface area contributed by atoms with E-state index in [9.17, 15) is 5.11 Å². The van der Waals surface area contributed by atoms with Gasteiger partial charge in [-0.3, -0.25) is 0 Å². The van der Waals surface area contributed by atoms with Crippen LogP contribution in [-0.4, -0.2) is 34.8 Å². The first-order valence-electron chi connectivity index (χ1n) is 7.73. The summed E-state index contributed by atoms with van der Waals surface area (Å²) in [6.07, 6.45) is 4.40. The second-order valence-corrected chi connectivity index (χ2v) is 5.45. The summed E-state index contributed by atoms with van der Waals surface area (Å²) >= 11 is 0. The lowest BCUT2D eigenvalue weighted by atomic mass is 9.97. The molecule has 2 atom stereocenters. The fraction of sp³-hybridized carbons (Fsp3) is 0.733. The van der Waals surface area contributed by atoms with E-state index in [-0.39, 0.29) is 0 Å². The Hall–Kier alpha value is -1.36. The van der Waals surface area contributed by atoms with Crippen molar-refractivity contribution in [3.05, 3.63) is 11.9 Å². The van der Waals surface area contributed by atoms with E-state index in [4.69, 9.17) is 0 Å². The molecule has 112 valence electrons. The van der Waals surface area contributed by atoms with Gasteiger partial charge in [-0.25, -0.2) is 9.97 Å². The van der Waals surface area contributed by atoms with Crippen molar-refractivity contribution < 1.29 is 5.11 Å². The van der Waals surface area contributed by atoms with Gasteiger partial charge in [0.2, 0.25) is 0 Å². The highest BCUT2D eigenvalue weighted by molar-refractivity contribution is 5.47. The highest BCUT2D eigenvalue weighted by atomic mass is 16.3. The third kappa shape index (κ3) is 3.82. The van der Waals surface area contributed by atoms with Crippen LogP contribution in [0.15, 0.2) is 6.07 Å². The number of aliphatic hydroxyl groups excluding tert-OH is 1. The summed E-state index contributed by atoms with van der Waals surface area (Å²) in [7, 11) is 0. The van der Waals surface area contributed by atoms with Crippen molar-refractivity contribution in [1.29, 1.82) is 0 Å². The highest BCUT2D eigenvalue weighted by Gasteiger charge is 2.26. The number of anilines is 2. The Labute approximate surface area is 121 Å². The van der Waals surface area contributed by atoms with Gasteiger partial charge < -0.3 is 15.7 Å². The van der Waals surface area contributed by atoms with E-state index in [1.807, 2.05) is 6.07 Å². The minimum atomic E-state index is 0.305. The molecule has 5 nitrogen and oxygen atoms in total. The molecule has 1 fully saturated rings. The van der Waals surface area contributed by atoms with Gasteiger partial charge in [0.15, 0.2) is 0 Å². The third-order valence-corrected chi connectivity index (χ3v) is 4.04. The van der Waals surface area contributed by atoms with Crippen LogP contribution < -0.4 is 10.6 Å². The number of aromatic nitrogens is 2. The van der Waals surface area contributed by atoms with E-state index in [1.165, 1.54) is 12.8 Å². The first-order valence-corrected chi connectivity index (χ1v) is 7.73. The molecule has 1 heterocycles. The summed E-state index contributed by atoms with van der Waals surface area (Å²) in [4.78, 5) is 8.97. The Morgan fingerprint density at radius 3 is 2.50 bits per heavy atom. The van der Waals surface area contributed by atoms with Crippen LogP contribution in [0, 0.1) is 11.8 Å². The maximum absolute atomic E-state index is 9.37. The molecule has 20 heavy (non-hydrogen) atoms. The van der Waals surface area contributed by atoms with Crippen LogP contribution in [0.1, 0.15) is 38.9 Å². The first kappa shape index (κ1) is 15.0. The summed E-state index contributed by atoms with van der Waals surface area (Å²) in [5.74, 6) is 3.63. The number of hydrogen-bond donors (Lipinski definition) is 3. The fourth-order valence-electron chi connectivity index (χ4n) is 2.88. The second-order valence-electron chi connectivity index (χ2n) is 5.45. The second kappa shape index (κ2) is 7.43. The maximum Gasteiger partial charge on any atom is 0.132 e. The van der Waals surface area contributed by atoms with Gasteiger partial charge in [-0.1, -0.05) is 13.3 Å². The molecule has 0 amide bonds. The molecule has 0 radical (unpaired) electrons. The molecule has 1 aromatic rings. The third-order valence-electron chi connectivity index (χ3n) is 4.04. The van der Waals surface area contributed by atoms with Gasteiger partial charge in [0.05, 0.1) is 0 Å². The fourth-order valence-corrected chi connectivity index (χ4v) is 2.88. The van der Waals surface area contributed by atoms with Crippen molar-refractivity contribution in [2.75, 3.05) is 30.3 Å². The van der Waals surface area contributed by atoms with Crippen LogP contribution in [0.25, 0.3) is 0 Å². The van der Waals surface area contributed by atoms with Crippen molar-refractivity contribution in [2.24, 2.45) is 11.8 Å². The van der Waals surface area contributed by atoms with Crippen LogP contribution in [0.3, 0.4) is 0 Å². The molecule has 0 bridgehead atoms. The molecular formula is C15H26N4O. The van der Waals surface area contributed by atoms with Gasteiger partial charge in [0, 0.05) is 32.2 Å². The molecular weight excluding hydrogens is 252 g/mol. The molecule has 0 saturated heterocycles. The number of nitrogens with one attached hydrogen (secondary N) is 2. The van der Waals surface area contributed by atoms with Gasteiger partial charge in [0.25, 0.3) is 0 Å². The lowest BCUT2D eigenvalue weighted by Gasteiger charge is -2.18. The Bertz CT molecular complexity index is 424. The van der Waals surface area contributed by atoms with Crippen LogP contribution in [0.5, 0.6) is 0 Å². The van der Waals surface area contributed by atoms with E-state index in [2.05, 4.69) is 34.4 Å². The number of hydrogen-bond acceptors (Lipinski definition) is 5. The first-order chi connectivity index (χ1) is 9.76. The molecule has 0 aliphatic heterocycles. The standard InChI is InChI=1S/C15H26N4O/c1-3-13-18-14(16-4-2)8-15(19-13)17-9-11-6-5-7-12(11)10-20/h8,11-12,20H,3-7,9-10H2,1-2H3,(H2,16,17,18,19). The van der Waals surface area contributed by atoms with Crippen LogP contribution in [-0.2, 0) is 6.42 Å². The van der Waals surface area contributed by atoms with Gasteiger partial charge in [0.1, 0.15) is 17.5 Å². The highest BCUT2D eigenvalue weighted by Crippen LogP contribution is 2.31. The molecule has 2 rings (SSSR count). The van der Waals surface area contributed by atoms with Gasteiger partial charge in [-0.2, -0.15) is 0 Å². The normalized spacial score (nSPS) is 21.9. The zero-order valence-electron chi connectivity index (χ0n) is 12.5. The molecule has 1 aromatic heterocycles. The Kier molecular flexibility index (Phi) is 5.59. The lowest BCUT2D eigenvalue weighted by molar-refractivity contribution is 0.199. The average molecular weight is 278 g/mol. The van der Waals surface area contributed by atoms with Gasteiger partial charge in [-0.15, -0.1) is 0 Å². The van der Waals surface area contributed by atoms with E-state index < -0.39 is 0 Å². The SMILES string of the molecule is CCNc1cc(NCC2CCCC2CO)nc(CC)n1. The summed E-state index contributed by atoms with van der Waals surface area (Å²) in [5, 5.41) is 16.0. The van der Waals surface area contributed by atoms with Crippen molar-refractivity contribution in [2.45, 2.75) is 39.5 Å². The monoisotopic (exact) mass is 278 g/mol. The molecule has 0 aromatic carbocycles. The van der Waals surface area contributed by atoms with Crippen molar-refractivity contribution in [3.63, 3.8) is 0 Å². The molecule has 1 aliphatic carbocycles. The Balaban J connectivity index is 1.99. The van der Waals surface area contributed by atoms with Crippen LogP contribution >= 0.6 is 0 Å². The van der Waals surface area contributed by atoms with Crippen LogP contribution in [0.4, 0.5) is 11.6 Å². The van der Waals surface area contributed by atoms with E-state index in [0.29, 0.717) is 18.4 Å². The van der Waals surface area contributed by atoms with Crippen molar-refractivity contribution in [3.8, 4) is 0 Å². The van der Waals surface area contributed by atoms with Crippen LogP contribution in [0.2, 0.25) is 0 Å². The summed E-state index contributed by atoms with van der Waals surface area (Å²) in [6.45, 7) is 6.17. The Morgan fingerprint density at radius 2 is 1.85 bits per heavy atom. The summed E-state index contributed by atoms with van der Waals surface area (Å²) in [5.41, 5.74) is 0. The van der Waals surface area contributed by atoms with Gasteiger partial charge >= 0.3 is 0 Å². The smallest absolute Gasteiger partial charge is 0.132 e. The largest absolute Gasteiger partial charge is 0.396 e. The zero-order chi connectivity index (χ0) is 14.4. The Morgan fingerprint density at radius 1 is 1.15 bits per heavy atom. The molecule has 1 aliphatic rings. The summed E-state index contributed by atoms with van der Waals surface area (Å²) < 4.78 is 0. The van der Waals surface area contributed by atoms with E-state index in [0.717, 1.165) is 43.4 Å². The number of rotatable bonds is 7. The maximum atomic E-state index is 9.37. The quantitative estimate of drug-likeness (QED) is 0.714. The predicted octanol–water partition coefficient (Wildman–Crippen LogP) is 2.29. The minimum Gasteiger partial charge on any atom is -0.396 e. The van der Waals surface area contributed by atoms with Crippen molar-refractivity contribution >= 4 is 11.6 Å². The van der Waals surface area contributed by atoms with Gasteiger partial charge in [-0.05, 0) is 31.6 Å². The molecule has 3 N–H and O–H groups in total. The number of aryl methyl sites for hydroxylation is 1. The summed E-state index contributed by atoms with van der Waals surface area (Å²) in [6, 6.07) is 1.96. The molecule has 2 unspecified atom stereocenters.